The molecule has 2 aromatic carbocycles. The van der Waals surface area contributed by atoms with Crippen molar-refractivity contribution in [2.75, 3.05) is 18.0 Å². The molecule has 0 saturated heterocycles. The number of nitrogens with zero attached hydrogens (tertiary/aromatic N) is 1. The smallest absolute Gasteiger partial charge is 0.193 e. The van der Waals surface area contributed by atoms with Crippen LogP contribution in [-0.2, 0) is 0 Å². The molecule has 0 spiro atoms. The summed E-state index contributed by atoms with van der Waals surface area (Å²) >= 11 is 0. The van der Waals surface area contributed by atoms with Crippen molar-refractivity contribution >= 4 is 11.5 Å². The van der Waals surface area contributed by atoms with Gasteiger partial charge in [0, 0.05) is 29.9 Å². The number of hydrogen-bond donors (Lipinski definition) is 0. The minimum Gasteiger partial charge on any atom is -0.372 e. The van der Waals surface area contributed by atoms with Crippen LogP contribution in [0.3, 0.4) is 0 Å². The Labute approximate surface area is 114 Å². The summed E-state index contributed by atoms with van der Waals surface area (Å²) in [5.41, 5.74) is 2.63. The topological polar surface area (TPSA) is 20.3 Å². The highest BCUT2D eigenvalue weighted by molar-refractivity contribution is 6.09. The molecule has 0 saturated carbocycles. The number of carbonyl (C=O) groups is 1. The lowest BCUT2D eigenvalue weighted by atomic mass is 10.0. The second-order valence-corrected chi connectivity index (χ2v) is 4.41. The van der Waals surface area contributed by atoms with Crippen molar-refractivity contribution in [2.45, 2.75) is 13.8 Å². The fraction of sp³-hybridized carbons (Fsp3) is 0.235. The summed E-state index contributed by atoms with van der Waals surface area (Å²) in [5, 5.41) is 0. The first-order chi connectivity index (χ1) is 9.26. The van der Waals surface area contributed by atoms with Crippen LogP contribution in [0.15, 0.2) is 54.6 Å². The lowest BCUT2D eigenvalue weighted by molar-refractivity contribution is 0.103. The van der Waals surface area contributed by atoms with E-state index in [1.54, 1.807) is 0 Å². The van der Waals surface area contributed by atoms with Gasteiger partial charge in [-0.2, -0.15) is 0 Å². The van der Waals surface area contributed by atoms with E-state index < -0.39 is 0 Å². The van der Waals surface area contributed by atoms with Gasteiger partial charge >= 0.3 is 0 Å². The molecule has 0 aliphatic carbocycles. The van der Waals surface area contributed by atoms with Crippen LogP contribution < -0.4 is 4.90 Å². The largest absolute Gasteiger partial charge is 0.372 e. The average Bonchev–Trinajstić information content (AvgIpc) is 2.49. The monoisotopic (exact) mass is 253 g/mol. The molecule has 0 unspecified atom stereocenters. The van der Waals surface area contributed by atoms with Gasteiger partial charge < -0.3 is 4.90 Å². The number of benzene rings is 2. The van der Waals surface area contributed by atoms with Crippen molar-refractivity contribution in [2.24, 2.45) is 0 Å². The van der Waals surface area contributed by atoms with E-state index in [0.717, 1.165) is 29.9 Å². The van der Waals surface area contributed by atoms with E-state index in [2.05, 4.69) is 18.7 Å². The fourth-order valence-electron chi connectivity index (χ4n) is 2.17. The molecule has 2 rings (SSSR count). The molecule has 0 aliphatic heterocycles. The maximum absolute atomic E-state index is 12.3. The van der Waals surface area contributed by atoms with Crippen LogP contribution in [0, 0.1) is 0 Å². The van der Waals surface area contributed by atoms with Crippen LogP contribution in [0.4, 0.5) is 5.69 Å². The summed E-state index contributed by atoms with van der Waals surface area (Å²) in [6, 6.07) is 17.2. The summed E-state index contributed by atoms with van der Waals surface area (Å²) in [4.78, 5) is 14.5. The molecule has 2 aromatic rings. The Morgan fingerprint density at radius 2 is 1.37 bits per heavy atom. The standard InChI is InChI=1S/C17H19NO/c1-3-18(4-2)16-12-10-15(11-13-16)17(19)14-8-6-5-7-9-14/h5-13H,3-4H2,1-2H3. The summed E-state index contributed by atoms with van der Waals surface area (Å²) < 4.78 is 0. The molecule has 0 aromatic heterocycles. The van der Waals surface area contributed by atoms with Gasteiger partial charge in [0.1, 0.15) is 0 Å². The minimum atomic E-state index is 0.0756. The third-order valence-electron chi connectivity index (χ3n) is 3.29. The van der Waals surface area contributed by atoms with Gasteiger partial charge in [-0.3, -0.25) is 4.79 Å². The molecule has 2 nitrogen and oxygen atoms in total. The first-order valence-electron chi connectivity index (χ1n) is 6.71. The average molecular weight is 253 g/mol. The zero-order valence-electron chi connectivity index (χ0n) is 11.5. The summed E-state index contributed by atoms with van der Waals surface area (Å²) in [5.74, 6) is 0.0756. The van der Waals surface area contributed by atoms with Gasteiger partial charge in [-0.05, 0) is 38.1 Å². The summed E-state index contributed by atoms with van der Waals surface area (Å²) in [6.07, 6.45) is 0. The van der Waals surface area contributed by atoms with Gasteiger partial charge in [0.15, 0.2) is 5.78 Å². The number of ketones is 1. The molecular weight excluding hydrogens is 234 g/mol. The zero-order chi connectivity index (χ0) is 13.7. The molecule has 0 fully saturated rings. The molecule has 0 bridgehead atoms. The quantitative estimate of drug-likeness (QED) is 0.756. The summed E-state index contributed by atoms with van der Waals surface area (Å²) in [7, 11) is 0. The highest BCUT2D eigenvalue weighted by Crippen LogP contribution is 2.17. The van der Waals surface area contributed by atoms with Crippen molar-refractivity contribution in [3.05, 3.63) is 65.7 Å². The number of hydrogen-bond acceptors (Lipinski definition) is 2. The molecular formula is C17H19NO. The number of rotatable bonds is 5. The van der Waals surface area contributed by atoms with E-state index in [1.807, 2.05) is 54.6 Å². The van der Waals surface area contributed by atoms with Gasteiger partial charge in [-0.15, -0.1) is 0 Å². The molecule has 0 heterocycles. The normalized spacial score (nSPS) is 10.2. The second-order valence-electron chi connectivity index (χ2n) is 4.41. The molecule has 0 N–H and O–H groups in total. The fourth-order valence-corrected chi connectivity index (χ4v) is 2.17. The van der Waals surface area contributed by atoms with E-state index >= 15 is 0 Å². The van der Waals surface area contributed by atoms with Gasteiger partial charge in [0.05, 0.1) is 0 Å². The van der Waals surface area contributed by atoms with Gasteiger partial charge in [0.2, 0.25) is 0 Å². The maximum Gasteiger partial charge on any atom is 0.193 e. The van der Waals surface area contributed by atoms with Crippen molar-refractivity contribution in [3.63, 3.8) is 0 Å². The molecule has 19 heavy (non-hydrogen) atoms. The first-order valence-corrected chi connectivity index (χ1v) is 6.71. The van der Waals surface area contributed by atoms with Crippen molar-refractivity contribution < 1.29 is 4.79 Å². The molecule has 0 aliphatic rings. The van der Waals surface area contributed by atoms with Crippen molar-refractivity contribution in [1.29, 1.82) is 0 Å². The van der Waals surface area contributed by atoms with Crippen LogP contribution >= 0.6 is 0 Å². The third-order valence-corrected chi connectivity index (χ3v) is 3.29. The Kier molecular flexibility index (Phi) is 4.35. The van der Waals surface area contributed by atoms with Crippen molar-refractivity contribution in [1.82, 2.24) is 0 Å². The van der Waals surface area contributed by atoms with E-state index in [-0.39, 0.29) is 5.78 Å². The van der Waals surface area contributed by atoms with E-state index in [1.165, 1.54) is 0 Å². The Morgan fingerprint density at radius 3 is 1.89 bits per heavy atom. The zero-order valence-corrected chi connectivity index (χ0v) is 11.5. The lowest BCUT2D eigenvalue weighted by Crippen LogP contribution is -2.21. The predicted octanol–water partition coefficient (Wildman–Crippen LogP) is 3.76. The molecule has 2 heteroatoms. The highest BCUT2D eigenvalue weighted by atomic mass is 16.1. The highest BCUT2D eigenvalue weighted by Gasteiger charge is 2.09. The Bertz CT molecular complexity index is 527. The van der Waals surface area contributed by atoms with Crippen LogP contribution in [0.5, 0.6) is 0 Å². The van der Waals surface area contributed by atoms with Gasteiger partial charge in [0.25, 0.3) is 0 Å². The van der Waals surface area contributed by atoms with Crippen LogP contribution in [0.25, 0.3) is 0 Å². The van der Waals surface area contributed by atoms with E-state index in [0.29, 0.717) is 0 Å². The molecule has 0 radical (unpaired) electrons. The van der Waals surface area contributed by atoms with Gasteiger partial charge in [-0.25, -0.2) is 0 Å². The van der Waals surface area contributed by atoms with Crippen LogP contribution in [-0.4, -0.2) is 18.9 Å². The Balaban J connectivity index is 2.21. The van der Waals surface area contributed by atoms with Gasteiger partial charge in [-0.1, -0.05) is 30.3 Å². The summed E-state index contributed by atoms with van der Waals surface area (Å²) in [6.45, 7) is 6.21. The first kappa shape index (κ1) is 13.3. The second kappa shape index (κ2) is 6.19. The van der Waals surface area contributed by atoms with E-state index in [9.17, 15) is 4.79 Å². The Morgan fingerprint density at radius 1 is 0.842 bits per heavy atom. The minimum absolute atomic E-state index is 0.0756. The van der Waals surface area contributed by atoms with Crippen LogP contribution in [0.2, 0.25) is 0 Å². The molecule has 98 valence electrons. The molecule has 0 atom stereocenters. The van der Waals surface area contributed by atoms with Crippen molar-refractivity contribution in [3.8, 4) is 0 Å². The Hall–Kier alpha value is -2.09. The SMILES string of the molecule is CCN(CC)c1ccc(C(=O)c2ccccc2)cc1. The van der Waals surface area contributed by atoms with Crippen LogP contribution in [0.1, 0.15) is 29.8 Å². The number of anilines is 1. The predicted molar refractivity (Wildman–Crippen MR) is 79.9 cm³/mol. The lowest BCUT2D eigenvalue weighted by Gasteiger charge is -2.21. The van der Waals surface area contributed by atoms with E-state index in [4.69, 9.17) is 0 Å². The maximum atomic E-state index is 12.3. The molecule has 0 amide bonds. The number of carbonyl (C=O) groups excluding carboxylic acids is 1. The third kappa shape index (κ3) is 3.02.